The summed E-state index contributed by atoms with van der Waals surface area (Å²) in [7, 11) is 1.62. The molecule has 33 heavy (non-hydrogen) atoms. The van der Waals surface area contributed by atoms with Crippen LogP contribution in [0.25, 0.3) is 11.3 Å². The molecular formula is C25H27ClN4O3. The Labute approximate surface area is 198 Å². The van der Waals surface area contributed by atoms with Crippen LogP contribution in [0.1, 0.15) is 12.8 Å². The minimum absolute atomic E-state index is 0.111. The molecule has 0 atom stereocenters. The van der Waals surface area contributed by atoms with Crippen LogP contribution in [-0.2, 0) is 11.3 Å². The first-order valence-corrected chi connectivity index (χ1v) is 11.4. The second kappa shape index (κ2) is 10.5. The number of carbonyl (C=O) groups excluding carboxylic acids is 1. The number of benzene rings is 2. The number of aromatic nitrogens is 2. The molecule has 4 rings (SSSR count). The third kappa shape index (κ3) is 5.73. The van der Waals surface area contributed by atoms with Gasteiger partial charge in [0.2, 0.25) is 5.91 Å². The molecule has 1 aliphatic heterocycles. The number of piperazine rings is 1. The van der Waals surface area contributed by atoms with Gasteiger partial charge in [-0.3, -0.25) is 9.59 Å². The number of carbonyl (C=O) groups is 1. The van der Waals surface area contributed by atoms with E-state index in [9.17, 15) is 9.59 Å². The summed E-state index contributed by atoms with van der Waals surface area (Å²) in [6.45, 7) is 3.30. The van der Waals surface area contributed by atoms with Gasteiger partial charge in [-0.05, 0) is 55.0 Å². The lowest BCUT2D eigenvalue weighted by molar-refractivity contribution is -0.131. The van der Waals surface area contributed by atoms with Crippen LogP contribution in [0.5, 0.6) is 5.75 Å². The Morgan fingerprint density at radius 1 is 1.03 bits per heavy atom. The molecule has 172 valence electrons. The van der Waals surface area contributed by atoms with Crippen molar-refractivity contribution in [1.82, 2.24) is 14.7 Å². The van der Waals surface area contributed by atoms with Crippen molar-refractivity contribution < 1.29 is 9.53 Å². The van der Waals surface area contributed by atoms with Crippen molar-refractivity contribution in [3.63, 3.8) is 0 Å². The van der Waals surface area contributed by atoms with Gasteiger partial charge in [-0.1, -0.05) is 17.7 Å². The molecule has 1 amide bonds. The van der Waals surface area contributed by atoms with Gasteiger partial charge >= 0.3 is 0 Å². The molecule has 8 heteroatoms. The van der Waals surface area contributed by atoms with Crippen molar-refractivity contribution in [1.29, 1.82) is 0 Å². The van der Waals surface area contributed by atoms with E-state index >= 15 is 0 Å². The van der Waals surface area contributed by atoms with Crippen LogP contribution in [0.3, 0.4) is 0 Å². The van der Waals surface area contributed by atoms with Gasteiger partial charge in [-0.2, -0.15) is 5.10 Å². The molecule has 0 bridgehead atoms. The maximum Gasteiger partial charge on any atom is 0.266 e. The third-order valence-corrected chi connectivity index (χ3v) is 6.05. The van der Waals surface area contributed by atoms with Crippen LogP contribution in [0, 0.1) is 0 Å². The zero-order valence-corrected chi connectivity index (χ0v) is 19.4. The Morgan fingerprint density at radius 3 is 2.48 bits per heavy atom. The summed E-state index contributed by atoms with van der Waals surface area (Å²) in [5, 5.41) is 5.19. The average Bonchev–Trinajstić information content (AvgIpc) is 2.85. The van der Waals surface area contributed by atoms with Crippen molar-refractivity contribution in [2.24, 2.45) is 0 Å². The molecule has 1 aromatic heterocycles. The zero-order valence-electron chi connectivity index (χ0n) is 18.6. The third-order valence-electron chi connectivity index (χ3n) is 5.82. The SMILES string of the molecule is COc1ccc(-c2ccc(=O)n(CCCC(=O)N3CCN(c4cccc(Cl)c4)CC3)n2)cc1. The predicted molar refractivity (Wildman–Crippen MR) is 130 cm³/mol. The first-order chi connectivity index (χ1) is 16.0. The molecule has 0 radical (unpaired) electrons. The smallest absolute Gasteiger partial charge is 0.266 e. The van der Waals surface area contributed by atoms with Gasteiger partial charge in [0.05, 0.1) is 12.8 Å². The summed E-state index contributed by atoms with van der Waals surface area (Å²) in [6, 6.07) is 18.5. The van der Waals surface area contributed by atoms with E-state index in [0.29, 0.717) is 43.2 Å². The number of nitrogens with zero attached hydrogens (tertiary/aromatic N) is 4. The lowest BCUT2D eigenvalue weighted by atomic mass is 10.1. The average molecular weight is 467 g/mol. The van der Waals surface area contributed by atoms with Crippen LogP contribution in [0.15, 0.2) is 65.5 Å². The fourth-order valence-corrected chi connectivity index (χ4v) is 4.13. The maximum atomic E-state index is 12.7. The summed E-state index contributed by atoms with van der Waals surface area (Å²) in [5.41, 5.74) is 2.52. The van der Waals surface area contributed by atoms with E-state index in [2.05, 4.69) is 10.00 Å². The monoisotopic (exact) mass is 466 g/mol. The Bertz CT molecular complexity index is 1150. The molecule has 0 aliphatic carbocycles. The van der Waals surface area contributed by atoms with Crippen molar-refractivity contribution in [2.75, 3.05) is 38.2 Å². The van der Waals surface area contributed by atoms with Crippen LogP contribution in [0.4, 0.5) is 5.69 Å². The van der Waals surface area contributed by atoms with Crippen molar-refractivity contribution in [2.45, 2.75) is 19.4 Å². The molecule has 1 aliphatic rings. The standard InChI is InChI=1S/C25H27ClN4O3/c1-33-22-9-7-19(8-10-22)23-11-12-25(32)30(27-23)13-3-6-24(31)29-16-14-28(15-17-29)21-5-2-4-20(26)18-21/h2,4-5,7-12,18H,3,6,13-17H2,1H3. The Balaban J connectivity index is 1.29. The molecule has 0 saturated carbocycles. The number of anilines is 1. The summed E-state index contributed by atoms with van der Waals surface area (Å²) in [4.78, 5) is 29.1. The van der Waals surface area contributed by atoms with Gasteiger partial charge in [0.15, 0.2) is 0 Å². The van der Waals surface area contributed by atoms with Crippen molar-refractivity contribution >= 4 is 23.2 Å². The molecule has 0 spiro atoms. The minimum atomic E-state index is -0.171. The van der Waals surface area contributed by atoms with Gasteiger partial charge in [0.25, 0.3) is 5.56 Å². The lowest BCUT2D eigenvalue weighted by Crippen LogP contribution is -2.48. The highest BCUT2D eigenvalue weighted by molar-refractivity contribution is 6.30. The van der Waals surface area contributed by atoms with E-state index in [0.717, 1.165) is 30.1 Å². The molecular weight excluding hydrogens is 440 g/mol. The second-order valence-corrected chi connectivity index (χ2v) is 8.40. The molecule has 1 fully saturated rings. The Hall–Kier alpha value is -3.32. The zero-order chi connectivity index (χ0) is 23.2. The van der Waals surface area contributed by atoms with E-state index in [4.69, 9.17) is 16.3 Å². The Morgan fingerprint density at radius 2 is 1.79 bits per heavy atom. The number of halogens is 1. The van der Waals surface area contributed by atoms with E-state index in [1.165, 1.54) is 10.7 Å². The number of hydrogen-bond acceptors (Lipinski definition) is 5. The first-order valence-electron chi connectivity index (χ1n) is 11.0. The topological polar surface area (TPSA) is 67.7 Å². The number of rotatable bonds is 7. The van der Waals surface area contributed by atoms with Crippen LogP contribution < -0.4 is 15.2 Å². The molecule has 7 nitrogen and oxygen atoms in total. The number of aryl methyl sites for hydroxylation is 1. The molecule has 0 unspecified atom stereocenters. The van der Waals surface area contributed by atoms with Gasteiger partial charge < -0.3 is 14.5 Å². The molecule has 2 aromatic carbocycles. The Kier molecular flexibility index (Phi) is 7.29. The summed E-state index contributed by atoms with van der Waals surface area (Å²) >= 11 is 6.09. The molecule has 3 aromatic rings. The summed E-state index contributed by atoms with van der Waals surface area (Å²) < 4.78 is 6.62. The van der Waals surface area contributed by atoms with E-state index in [1.54, 1.807) is 13.2 Å². The minimum Gasteiger partial charge on any atom is -0.497 e. The largest absolute Gasteiger partial charge is 0.497 e. The highest BCUT2D eigenvalue weighted by Gasteiger charge is 2.21. The maximum absolute atomic E-state index is 12.7. The van der Waals surface area contributed by atoms with Crippen LogP contribution >= 0.6 is 11.6 Å². The van der Waals surface area contributed by atoms with Gasteiger partial charge in [0, 0.05) is 61.5 Å². The fraction of sp³-hybridized carbons (Fsp3) is 0.320. The normalized spacial score (nSPS) is 13.8. The molecule has 1 saturated heterocycles. The number of methoxy groups -OCH3 is 1. The fourth-order valence-electron chi connectivity index (χ4n) is 3.95. The predicted octanol–water partition coefficient (Wildman–Crippen LogP) is 3.70. The number of amides is 1. The van der Waals surface area contributed by atoms with E-state index in [1.807, 2.05) is 53.4 Å². The van der Waals surface area contributed by atoms with Gasteiger partial charge in [0.1, 0.15) is 5.75 Å². The quantitative estimate of drug-likeness (QED) is 0.531. The van der Waals surface area contributed by atoms with Crippen LogP contribution in [-0.4, -0.2) is 53.9 Å². The van der Waals surface area contributed by atoms with Crippen molar-refractivity contribution in [3.05, 3.63) is 76.0 Å². The summed E-state index contributed by atoms with van der Waals surface area (Å²) in [5.74, 6) is 0.874. The van der Waals surface area contributed by atoms with E-state index in [-0.39, 0.29) is 11.5 Å². The van der Waals surface area contributed by atoms with Gasteiger partial charge in [-0.25, -0.2) is 4.68 Å². The molecule has 2 heterocycles. The van der Waals surface area contributed by atoms with Crippen molar-refractivity contribution in [3.8, 4) is 17.0 Å². The van der Waals surface area contributed by atoms with Crippen LogP contribution in [0.2, 0.25) is 5.02 Å². The highest BCUT2D eigenvalue weighted by Crippen LogP contribution is 2.21. The first kappa shape index (κ1) is 22.9. The van der Waals surface area contributed by atoms with E-state index < -0.39 is 0 Å². The number of hydrogen-bond donors (Lipinski definition) is 0. The highest BCUT2D eigenvalue weighted by atomic mass is 35.5. The van der Waals surface area contributed by atoms with Gasteiger partial charge in [-0.15, -0.1) is 0 Å². The second-order valence-electron chi connectivity index (χ2n) is 7.96. The lowest BCUT2D eigenvalue weighted by Gasteiger charge is -2.36. The number of ether oxygens (including phenoxy) is 1. The summed E-state index contributed by atoms with van der Waals surface area (Å²) in [6.07, 6.45) is 0.949. The molecule has 0 N–H and O–H groups in total.